The largest absolute Gasteiger partial charge is 0.508 e. The van der Waals surface area contributed by atoms with Crippen LogP contribution in [0.1, 0.15) is 22.7 Å². The van der Waals surface area contributed by atoms with E-state index >= 15 is 0 Å². The fourth-order valence-electron chi connectivity index (χ4n) is 1.29. The molecule has 1 aromatic rings. The van der Waals surface area contributed by atoms with Crippen LogP contribution in [0.25, 0.3) is 0 Å². The third kappa shape index (κ3) is 1.66. The van der Waals surface area contributed by atoms with Gasteiger partial charge in [-0.1, -0.05) is 0 Å². The summed E-state index contributed by atoms with van der Waals surface area (Å²) >= 11 is 0. The maximum Gasteiger partial charge on any atom is 0.123 e. The average molecular weight is 197 g/mol. The summed E-state index contributed by atoms with van der Waals surface area (Å²) in [5, 5.41) is 28.0. The molecule has 0 aliphatic rings. The molecule has 4 heteroatoms. The molecule has 0 saturated heterocycles. The fraction of sp³-hybridized carbons (Fsp3) is 0.400. The van der Waals surface area contributed by atoms with Gasteiger partial charge in [0.2, 0.25) is 0 Å². The second-order valence-electron chi connectivity index (χ2n) is 3.37. The van der Waals surface area contributed by atoms with E-state index in [4.69, 9.17) is 10.8 Å². The number of aliphatic hydroxyl groups excluding tert-OH is 1. The Labute approximate surface area is 82.6 Å². The molecule has 5 N–H and O–H groups in total. The molecule has 0 fully saturated rings. The van der Waals surface area contributed by atoms with E-state index in [1.807, 2.05) is 0 Å². The minimum atomic E-state index is -0.666. The Hall–Kier alpha value is -1.26. The van der Waals surface area contributed by atoms with Gasteiger partial charge in [0.05, 0.1) is 12.6 Å². The van der Waals surface area contributed by atoms with Crippen molar-refractivity contribution >= 4 is 0 Å². The Kier molecular flexibility index (Phi) is 2.98. The van der Waals surface area contributed by atoms with Crippen molar-refractivity contribution < 1.29 is 15.3 Å². The van der Waals surface area contributed by atoms with Gasteiger partial charge in [-0.3, -0.25) is 0 Å². The predicted molar refractivity (Wildman–Crippen MR) is 53.3 cm³/mol. The molecule has 1 atom stereocenters. The summed E-state index contributed by atoms with van der Waals surface area (Å²) in [6.07, 6.45) is 0. The third-order valence-corrected chi connectivity index (χ3v) is 2.46. The summed E-state index contributed by atoms with van der Waals surface area (Å²) < 4.78 is 0. The summed E-state index contributed by atoms with van der Waals surface area (Å²) in [5.41, 5.74) is 7.14. The highest BCUT2D eigenvalue weighted by Gasteiger charge is 2.15. The van der Waals surface area contributed by atoms with Crippen molar-refractivity contribution in [3.63, 3.8) is 0 Å². The second kappa shape index (κ2) is 3.86. The first-order chi connectivity index (χ1) is 6.49. The molecule has 1 aromatic carbocycles. The Morgan fingerprint density at radius 3 is 2.36 bits per heavy atom. The number of nitrogens with two attached hydrogens (primary N) is 1. The van der Waals surface area contributed by atoms with E-state index in [1.165, 1.54) is 6.07 Å². The van der Waals surface area contributed by atoms with Crippen molar-refractivity contribution in [1.29, 1.82) is 0 Å². The Balaban J connectivity index is 3.33. The van der Waals surface area contributed by atoms with E-state index < -0.39 is 6.04 Å². The molecule has 78 valence electrons. The van der Waals surface area contributed by atoms with Crippen LogP contribution in [-0.4, -0.2) is 21.9 Å². The molecule has 0 amide bonds. The number of phenolic OH excluding ortho intramolecular Hbond substituents is 2. The van der Waals surface area contributed by atoms with Crippen LogP contribution >= 0.6 is 0 Å². The van der Waals surface area contributed by atoms with Gasteiger partial charge in [-0.25, -0.2) is 0 Å². The van der Waals surface area contributed by atoms with Gasteiger partial charge in [-0.2, -0.15) is 0 Å². The van der Waals surface area contributed by atoms with Crippen LogP contribution < -0.4 is 5.73 Å². The first kappa shape index (κ1) is 10.8. The average Bonchev–Trinajstić information content (AvgIpc) is 2.19. The quantitative estimate of drug-likeness (QED) is 0.526. The van der Waals surface area contributed by atoms with Crippen LogP contribution in [0.2, 0.25) is 0 Å². The van der Waals surface area contributed by atoms with Crippen molar-refractivity contribution in [3.05, 3.63) is 22.8 Å². The topological polar surface area (TPSA) is 86.7 Å². The first-order valence-electron chi connectivity index (χ1n) is 4.37. The Morgan fingerprint density at radius 2 is 1.86 bits per heavy atom. The van der Waals surface area contributed by atoms with Crippen LogP contribution in [0.3, 0.4) is 0 Å². The minimum absolute atomic E-state index is 0.0434. The molecule has 0 saturated carbocycles. The summed E-state index contributed by atoms with van der Waals surface area (Å²) in [4.78, 5) is 0. The van der Waals surface area contributed by atoms with Gasteiger partial charge in [0.1, 0.15) is 11.5 Å². The summed E-state index contributed by atoms with van der Waals surface area (Å²) in [7, 11) is 0. The second-order valence-corrected chi connectivity index (χ2v) is 3.37. The third-order valence-electron chi connectivity index (χ3n) is 2.46. The first-order valence-corrected chi connectivity index (χ1v) is 4.37. The summed E-state index contributed by atoms with van der Waals surface area (Å²) in [5.74, 6) is 0.126. The zero-order valence-electron chi connectivity index (χ0n) is 8.28. The normalized spacial score (nSPS) is 12.9. The van der Waals surface area contributed by atoms with Gasteiger partial charge in [0.25, 0.3) is 0 Å². The molecule has 0 radical (unpaired) electrons. The van der Waals surface area contributed by atoms with Crippen LogP contribution in [0, 0.1) is 13.8 Å². The van der Waals surface area contributed by atoms with E-state index in [9.17, 15) is 10.2 Å². The Bertz CT molecular complexity index is 350. The van der Waals surface area contributed by atoms with E-state index in [2.05, 4.69) is 0 Å². The molecular formula is C10H15NO3. The molecule has 0 aliphatic carbocycles. The van der Waals surface area contributed by atoms with Crippen molar-refractivity contribution in [2.24, 2.45) is 5.73 Å². The Morgan fingerprint density at radius 1 is 1.29 bits per heavy atom. The zero-order valence-corrected chi connectivity index (χ0v) is 8.28. The van der Waals surface area contributed by atoms with Gasteiger partial charge in [-0.05, 0) is 31.0 Å². The maximum atomic E-state index is 9.70. The molecule has 14 heavy (non-hydrogen) atoms. The van der Waals surface area contributed by atoms with Crippen molar-refractivity contribution in [1.82, 2.24) is 0 Å². The van der Waals surface area contributed by atoms with E-state index in [0.717, 1.165) is 0 Å². The van der Waals surface area contributed by atoms with Crippen LogP contribution in [-0.2, 0) is 0 Å². The van der Waals surface area contributed by atoms with Crippen LogP contribution in [0.5, 0.6) is 11.5 Å². The molecule has 0 heterocycles. The van der Waals surface area contributed by atoms with Crippen molar-refractivity contribution in [3.8, 4) is 11.5 Å². The molecule has 0 aromatic heterocycles. The van der Waals surface area contributed by atoms with Gasteiger partial charge in [0.15, 0.2) is 0 Å². The fourth-order valence-corrected chi connectivity index (χ4v) is 1.29. The molecule has 4 nitrogen and oxygen atoms in total. The van der Waals surface area contributed by atoms with Gasteiger partial charge < -0.3 is 21.1 Å². The highest BCUT2D eigenvalue weighted by molar-refractivity contribution is 5.52. The molecule has 0 aliphatic heterocycles. The van der Waals surface area contributed by atoms with Crippen molar-refractivity contribution in [2.45, 2.75) is 19.9 Å². The molecular weight excluding hydrogens is 182 g/mol. The van der Waals surface area contributed by atoms with Crippen molar-refractivity contribution in [2.75, 3.05) is 6.61 Å². The van der Waals surface area contributed by atoms with Gasteiger partial charge in [-0.15, -0.1) is 0 Å². The molecule has 1 unspecified atom stereocenters. The lowest BCUT2D eigenvalue weighted by atomic mass is 9.99. The van der Waals surface area contributed by atoms with Crippen LogP contribution in [0.4, 0.5) is 0 Å². The predicted octanol–water partition coefficient (Wildman–Crippen LogP) is 0.707. The molecule has 1 rings (SSSR count). The lowest BCUT2D eigenvalue weighted by Crippen LogP contribution is -2.15. The summed E-state index contributed by atoms with van der Waals surface area (Å²) in [6, 6.07) is 0.721. The number of hydrogen-bond acceptors (Lipinski definition) is 4. The zero-order chi connectivity index (χ0) is 10.9. The van der Waals surface area contributed by atoms with E-state index in [-0.39, 0.29) is 18.1 Å². The molecule has 0 bridgehead atoms. The number of aromatic hydroxyl groups is 2. The lowest BCUT2D eigenvalue weighted by molar-refractivity contribution is 0.265. The molecule has 0 spiro atoms. The van der Waals surface area contributed by atoms with Crippen LogP contribution in [0.15, 0.2) is 6.07 Å². The standard InChI is InChI=1S/C10H15NO3/c1-5-6(2)10(14)7(3-9(5)13)8(11)4-12/h3,8,12-14H,4,11H2,1-2H3. The maximum absolute atomic E-state index is 9.70. The highest BCUT2D eigenvalue weighted by Crippen LogP contribution is 2.34. The number of phenols is 2. The van der Waals surface area contributed by atoms with Gasteiger partial charge >= 0.3 is 0 Å². The number of benzene rings is 1. The van der Waals surface area contributed by atoms with E-state index in [0.29, 0.717) is 16.7 Å². The summed E-state index contributed by atoms with van der Waals surface area (Å²) in [6.45, 7) is 3.13. The highest BCUT2D eigenvalue weighted by atomic mass is 16.3. The van der Waals surface area contributed by atoms with Gasteiger partial charge in [0, 0.05) is 5.56 Å². The lowest BCUT2D eigenvalue weighted by Gasteiger charge is -2.15. The minimum Gasteiger partial charge on any atom is -0.508 e. The van der Waals surface area contributed by atoms with E-state index in [1.54, 1.807) is 13.8 Å². The SMILES string of the molecule is Cc1c(O)cc(C(N)CO)c(O)c1C. The monoisotopic (exact) mass is 197 g/mol. The number of rotatable bonds is 2. The number of hydrogen-bond donors (Lipinski definition) is 4. The number of aliphatic hydroxyl groups is 1. The smallest absolute Gasteiger partial charge is 0.123 e.